The van der Waals surface area contributed by atoms with E-state index in [0.29, 0.717) is 6.54 Å². The molecule has 0 unspecified atom stereocenters. The van der Waals surface area contributed by atoms with E-state index in [1.165, 1.54) is 0 Å². The SMILES string of the molecule is CC(C)(C)OC(=O)NCCCCNc1cc(/C=C/c2ccccc2)nc2ccccc12. The third-order valence-electron chi connectivity index (χ3n) is 4.57. The molecular formula is C26H31N3O2. The Morgan fingerprint density at radius 1 is 0.968 bits per heavy atom. The van der Waals surface area contributed by atoms with Crippen LogP contribution in [0.3, 0.4) is 0 Å². The van der Waals surface area contributed by atoms with Gasteiger partial charge >= 0.3 is 6.09 Å². The van der Waals surface area contributed by atoms with Crippen LogP contribution < -0.4 is 10.6 Å². The number of hydrogen-bond donors (Lipinski definition) is 2. The highest BCUT2D eigenvalue weighted by Gasteiger charge is 2.15. The van der Waals surface area contributed by atoms with Crippen LogP contribution in [-0.2, 0) is 4.74 Å². The number of hydrogen-bond acceptors (Lipinski definition) is 4. The number of ether oxygens (including phenoxy) is 1. The Labute approximate surface area is 184 Å². The number of para-hydroxylation sites is 1. The fraction of sp³-hybridized carbons (Fsp3) is 0.308. The summed E-state index contributed by atoms with van der Waals surface area (Å²) in [5.41, 5.74) is 3.62. The molecule has 0 atom stereocenters. The van der Waals surface area contributed by atoms with E-state index in [1.54, 1.807) is 0 Å². The molecule has 0 aliphatic heterocycles. The fourth-order valence-electron chi connectivity index (χ4n) is 3.15. The van der Waals surface area contributed by atoms with Crippen LogP contribution in [0.2, 0.25) is 0 Å². The summed E-state index contributed by atoms with van der Waals surface area (Å²) in [4.78, 5) is 16.5. The highest BCUT2D eigenvalue weighted by atomic mass is 16.6. The Hall–Kier alpha value is -3.34. The van der Waals surface area contributed by atoms with E-state index in [9.17, 15) is 4.79 Å². The molecule has 1 heterocycles. The highest BCUT2D eigenvalue weighted by molar-refractivity contribution is 5.92. The molecule has 3 aromatic rings. The van der Waals surface area contributed by atoms with Crippen LogP contribution in [0.25, 0.3) is 23.1 Å². The maximum Gasteiger partial charge on any atom is 0.407 e. The van der Waals surface area contributed by atoms with Gasteiger partial charge in [0.15, 0.2) is 0 Å². The number of anilines is 1. The second-order valence-electron chi connectivity index (χ2n) is 8.42. The molecular weight excluding hydrogens is 386 g/mol. The Morgan fingerprint density at radius 2 is 1.68 bits per heavy atom. The molecule has 1 amide bonds. The Bertz CT molecular complexity index is 1020. The summed E-state index contributed by atoms with van der Waals surface area (Å²) in [6.07, 6.45) is 5.55. The molecule has 5 nitrogen and oxygen atoms in total. The first-order valence-corrected chi connectivity index (χ1v) is 10.7. The predicted octanol–water partition coefficient (Wildman–Crippen LogP) is 6.12. The van der Waals surface area contributed by atoms with Crippen molar-refractivity contribution in [1.82, 2.24) is 10.3 Å². The second-order valence-corrected chi connectivity index (χ2v) is 8.42. The molecule has 0 radical (unpaired) electrons. The lowest BCUT2D eigenvalue weighted by Crippen LogP contribution is -2.33. The van der Waals surface area contributed by atoms with E-state index in [4.69, 9.17) is 9.72 Å². The quantitative estimate of drug-likeness (QED) is 0.433. The number of benzene rings is 2. The number of carbonyl (C=O) groups excluding carboxylic acids is 1. The molecule has 5 heteroatoms. The summed E-state index contributed by atoms with van der Waals surface area (Å²) in [6.45, 7) is 6.99. The number of amides is 1. The molecule has 31 heavy (non-hydrogen) atoms. The van der Waals surface area contributed by atoms with Gasteiger partial charge in [-0.3, -0.25) is 0 Å². The number of fused-ring (bicyclic) bond motifs is 1. The number of nitrogens with zero attached hydrogens (tertiary/aromatic N) is 1. The van der Waals surface area contributed by atoms with E-state index in [2.05, 4.69) is 41.0 Å². The zero-order chi connectivity index (χ0) is 22.1. The van der Waals surface area contributed by atoms with Gasteiger partial charge in [-0.15, -0.1) is 0 Å². The largest absolute Gasteiger partial charge is 0.444 e. The van der Waals surface area contributed by atoms with Gasteiger partial charge in [0, 0.05) is 24.2 Å². The van der Waals surface area contributed by atoms with Gasteiger partial charge in [-0.1, -0.05) is 54.6 Å². The molecule has 0 aliphatic rings. The van der Waals surface area contributed by atoms with Gasteiger partial charge in [0.25, 0.3) is 0 Å². The molecule has 0 spiro atoms. The maximum absolute atomic E-state index is 11.7. The Kier molecular flexibility index (Phi) is 7.65. The lowest BCUT2D eigenvalue weighted by Gasteiger charge is -2.19. The number of carbonyl (C=O) groups is 1. The van der Waals surface area contributed by atoms with Crippen molar-refractivity contribution in [2.45, 2.75) is 39.2 Å². The lowest BCUT2D eigenvalue weighted by atomic mass is 10.1. The molecule has 0 aliphatic carbocycles. The summed E-state index contributed by atoms with van der Waals surface area (Å²) in [5, 5.41) is 7.44. The van der Waals surface area contributed by atoms with Crippen molar-refractivity contribution in [3.8, 4) is 0 Å². The van der Waals surface area contributed by atoms with E-state index in [-0.39, 0.29) is 6.09 Å². The Morgan fingerprint density at radius 3 is 2.45 bits per heavy atom. The first-order valence-electron chi connectivity index (χ1n) is 10.7. The number of pyridine rings is 1. The number of nitrogens with one attached hydrogen (secondary N) is 2. The van der Waals surface area contributed by atoms with Crippen molar-refractivity contribution in [3.63, 3.8) is 0 Å². The minimum Gasteiger partial charge on any atom is -0.444 e. The van der Waals surface area contributed by atoms with E-state index in [1.807, 2.05) is 63.2 Å². The van der Waals surface area contributed by atoms with Crippen molar-refractivity contribution in [2.24, 2.45) is 0 Å². The van der Waals surface area contributed by atoms with Crippen molar-refractivity contribution in [1.29, 1.82) is 0 Å². The minimum atomic E-state index is -0.472. The lowest BCUT2D eigenvalue weighted by molar-refractivity contribution is 0.0527. The van der Waals surface area contributed by atoms with Crippen LogP contribution in [0, 0.1) is 0 Å². The van der Waals surface area contributed by atoms with Gasteiger partial charge in [0.1, 0.15) is 5.60 Å². The molecule has 0 saturated carbocycles. The third-order valence-corrected chi connectivity index (χ3v) is 4.57. The molecule has 2 N–H and O–H groups in total. The monoisotopic (exact) mass is 417 g/mol. The number of aromatic nitrogens is 1. The molecule has 162 valence electrons. The van der Waals surface area contributed by atoms with Crippen LogP contribution in [0.15, 0.2) is 60.7 Å². The summed E-state index contributed by atoms with van der Waals surface area (Å²) in [7, 11) is 0. The molecule has 0 bridgehead atoms. The van der Waals surface area contributed by atoms with Crippen molar-refractivity contribution in [3.05, 3.63) is 71.9 Å². The summed E-state index contributed by atoms with van der Waals surface area (Å²) >= 11 is 0. The molecule has 2 aromatic carbocycles. The van der Waals surface area contributed by atoms with E-state index in [0.717, 1.165) is 47.2 Å². The second kappa shape index (κ2) is 10.6. The first-order chi connectivity index (χ1) is 14.9. The summed E-state index contributed by atoms with van der Waals surface area (Å²) in [5.74, 6) is 0. The average Bonchev–Trinajstić information content (AvgIpc) is 2.74. The molecule has 3 rings (SSSR count). The average molecular weight is 418 g/mol. The standard InChI is InChI=1S/C26H31N3O2/c1-26(2,3)31-25(30)28-18-10-9-17-27-24-19-21(16-15-20-11-5-4-6-12-20)29-23-14-8-7-13-22(23)24/h4-8,11-16,19H,9-10,17-18H2,1-3H3,(H,27,29)(H,28,30)/b16-15+. The van der Waals surface area contributed by atoms with Gasteiger partial charge < -0.3 is 15.4 Å². The van der Waals surface area contributed by atoms with Crippen LogP contribution in [0.5, 0.6) is 0 Å². The van der Waals surface area contributed by atoms with E-state index >= 15 is 0 Å². The zero-order valence-corrected chi connectivity index (χ0v) is 18.5. The Balaban J connectivity index is 1.57. The summed E-state index contributed by atoms with van der Waals surface area (Å²) < 4.78 is 5.25. The topological polar surface area (TPSA) is 63.2 Å². The van der Waals surface area contributed by atoms with Gasteiger partial charge in [-0.25, -0.2) is 9.78 Å². The predicted molar refractivity (Wildman–Crippen MR) is 129 cm³/mol. The van der Waals surface area contributed by atoms with Crippen LogP contribution >= 0.6 is 0 Å². The zero-order valence-electron chi connectivity index (χ0n) is 18.5. The smallest absolute Gasteiger partial charge is 0.407 e. The van der Waals surface area contributed by atoms with Crippen molar-refractivity contribution in [2.75, 3.05) is 18.4 Å². The number of rotatable bonds is 8. The summed E-state index contributed by atoms with van der Waals surface area (Å²) in [6, 6.07) is 20.4. The third kappa shape index (κ3) is 7.45. The van der Waals surface area contributed by atoms with Gasteiger partial charge in [-0.2, -0.15) is 0 Å². The van der Waals surface area contributed by atoms with Crippen LogP contribution in [0.4, 0.5) is 10.5 Å². The normalized spacial score (nSPS) is 11.6. The number of unbranched alkanes of at least 4 members (excludes halogenated alkanes) is 1. The number of alkyl carbamates (subject to hydrolysis) is 1. The van der Waals surface area contributed by atoms with Crippen LogP contribution in [-0.4, -0.2) is 29.8 Å². The van der Waals surface area contributed by atoms with Crippen LogP contribution in [0.1, 0.15) is 44.9 Å². The van der Waals surface area contributed by atoms with Crippen molar-refractivity contribution >= 4 is 34.8 Å². The molecule has 0 saturated heterocycles. The first kappa shape index (κ1) is 22.3. The highest BCUT2D eigenvalue weighted by Crippen LogP contribution is 2.24. The van der Waals surface area contributed by atoms with Gasteiger partial charge in [0.2, 0.25) is 0 Å². The maximum atomic E-state index is 11.7. The molecule has 0 fully saturated rings. The van der Waals surface area contributed by atoms with Gasteiger partial charge in [-0.05, 0) is 57.4 Å². The van der Waals surface area contributed by atoms with Gasteiger partial charge in [0.05, 0.1) is 11.2 Å². The minimum absolute atomic E-state index is 0.365. The molecule has 1 aromatic heterocycles. The fourth-order valence-corrected chi connectivity index (χ4v) is 3.15. The van der Waals surface area contributed by atoms with Crippen molar-refractivity contribution < 1.29 is 9.53 Å². The van der Waals surface area contributed by atoms with E-state index < -0.39 is 5.60 Å².